The van der Waals surface area contributed by atoms with Crippen molar-refractivity contribution in [1.82, 2.24) is 14.8 Å². The van der Waals surface area contributed by atoms with Gasteiger partial charge in [0.1, 0.15) is 0 Å². The lowest BCUT2D eigenvalue weighted by molar-refractivity contribution is 0.428. The Bertz CT molecular complexity index is 927. The van der Waals surface area contributed by atoms with E-state index in [1.54, 1.807) is 24.5 Å². The predicted octanol–water partition coefficient (Wildman–Crippen LogP) is -0.558. The van der Waals surface area contributed by atoms with E-state index in [0.717, 1.165) is 51.9 Å². The third-order valence-electron chi connectivity index (χ3n) is 5.43. The van der Waals surface area contributed by atoms with Crippen molar-refractivity contribution in [1.29, 1.82) is 10.8 Å². The summed E-state index contributed by atoms with van der Waals surface area (Å²) in [7, 11) is 0. The van der Waals surface area contributed by atoms with Crippen molar-refractivity contribution in [3.63, 3.8) is 0 Å². The first-order chi connectivity index (χ1) is 18.6. The number of nitrogens with two attached hydrogens (primary N) is 7. The Hall–Kier alpha value is -4.63. The maximum atomic E-state index is 7.59. The molecule has 1 aromatic heterocycles. The van der Waals surface area contributed by atoms with E-state index in [2.05, 4.69) is 25.0 Å². The zero-order valence-electron chi connectivity index (χ0n) is 22.5. The molecule has 16 heteroatoms. The number of hydrogen-bond donors (Lipinski definition) is 9. The summed E-state index contributed by atoms with van der Waals surface area (Å²) in [6.07, 6.45) is 12.7. The Morgan fingerprint density at radius 3 is 1.28 bits per heavy atom. The van der Waals surface area contributed by atoms with Gasteiger partial charge in [-0.25, -0.2) is 4.99 Å². The maximum Gasteiger partial charge on any atom is 0.223 e. The van der Waals surface area contributed by atoms with Crippen molar-refractivity contribution in [2.45, 2.75) is 51.4 Å². The van der Waals surface area contributed by atoms with Crippen LogP contribution in [0.3, 0.4) is 0 Å². The highest BCUT2D eigenvalue weighted by atomic mass is 15.3. The van der Waals surface area contributed by atoms with Gasteiger partial charge < -0.3 is 49.9 Å². The van der Waals surface area contributed by atoms with Crippen LogP contribution >= 0.6 is 0 Å². The van der Waals surface area contributed by atoms with Crippen molar-refractivity contribution < 1.29 is 0 Å². The van der Waals surface area contributed by atoms with E-state index in [-0.39, 0.29) is 35.8 Å². The van der Waals surface area contributed by atoms with Gasteiger partial charge in [0, 0.05) is 38.6 Å². The van der Waals surface area contributed by atoms with Gasteiger partial charge in [-0.1, -0.05) is 25.7 Å². The average molecular weight is 545 g/mol. The first-order valence-electron chi connectivity index (χ1n) is 12.8. The Labute approximate surface area is 229 Å². The number of rotatable bonds is 1. The second-order valence-corrected chi connectivity index (χ2v) is 8.74. The molecule has 16 N–H and O–H groups in total. The van der Waals surface area contributed by atoms with Crippen molar-refractivity contribution >= 4 is 41.4 Å². The van der Waals surface area contributed by atoms with E-state index in [1.807, 2.05) is 9.80 Å². The predicted molar refractivity (Wildman–Crippen MR) is 158 cm³/mol. The summed E-state index contributed by atoms with van der Waals surface area (Å²) in [5.41, 5.74) is 37.0. The standard InChI is InChI=1S/2C8H17N5.C7H10N6/c2*9-7(10)12-8(11)13-5-3-1-2-4-6-13;8-6(9)13-7(10)12-5-1-3-11-4-2-5/h2*1-6H2,(H5,9,10,11,12);1-4H,(H6,8,9,10,11,12,13). The molecule has 3 heterocycles. The number of likely N-dealkylation sites (tertiary alicyclic amines) is 2. The third kappa shape index (κ3) is 16.0. The highest BCUT2D eigenvalue weighted by Crippen LogP contribution is 2.11. The summed E-state index contributed by atoms with van der Waals surface area (Å²) >= 11 is 0. The zero-order valence-corrected chi connectivity index (χ0v) is 22.5. The van der Waals surface area contributed by atoms with E-state index >= 15 is 0 Å². The number of pyridine rings is 1. The van der Waals surface area contributed by atoms with Gasteiger partial charge >= 0.3 is 0 Å². The number of nitrogens with one attached hydrogen (secondary N) is 2. The van der Waals surface area contributed by atoms with Gasteiger partial charge in [0.2, 0.25) is 17.9 Å². The molecule has 39 heavy (non-hydrogen) atoms. The summed E-state index contributed by atoms with van der Waals surface area (Å²) < 4.78 is 0. The monoisotopic (exact) mass is 544 g/mol. The summed E-state index contributed by atoms with van der Waals surface area (Å²) in [5.74, 6) is 0.230. The molecule has 0 unspecified atom stereocenters. The van der Waals surface area contributed by atoms with Crippen molar-refractivity contribution in [3.8, 4) is 0 Å². The van der Waals surface area contributed by atoms with Crippen LogP contribution in [-0.2, 0) is 0 Å². The number of nitrogens with zero attached hydrogens (tertiary/aromatic N) is 7. The molecule has 0 saturated carbocycles. The van der Waals surface area contributed by atoms with E-state index < -0.39 is 0 Å². The van der Waals surface area contributed by atoms with Crippen LogP contribution in [0.25, 0.3) is 0 Å². The van der Waals surface area contributed by atoms with Crippen LogP contribution in [0.2, 0.25) is 0 Å². The molecule has 2 aliphatic rings. The molecule has 0 amide bonds. The van der Waals surface area contributed by atoms with Crippen LogP contribution in [0.4, 0.5) is 5.69 Å². The molecule has 16 nitrogen and oxygen atoms in total. The Morgan fingerprint density at radius 1 is 0.590 bits per heavy atom. The Balaban J connectivity index is 0.000000292. The van der Waals surface area contributed by atoms with Crippen molar-refractivity contribution in [2.75, 3.05) is 26.2 Å². The van der Waals surface area contributed by atoms with Gasteiger partial charge in [-0.2, -0.15) is 15.0 Å². The fourth-order valence-corrected chi connectivity index (χ4v) is 3.66. The lowest BCUT2D eigenvalue weighted by Gasteiger charge is -2.19. The van der Waals surface area contributed by atoms with Gasteiger partial charge in [-0.3, -0.25) is 15.8 Å². The molecule has 0 atom stereocenters. The lowest BCUT2D eigenvalue weighted by Crippen LogP contribution is -2.33. The minimum atomic E-state index is -0.115. The SMILES string of the molecule is N=C(N=C(N)N)N1CCCCCC1.N=C(N=C(N)N)N1CCCCCC1.NC(N)=NC(N)=Nc1ccncc1. The molecule has 216 valence electrons. The van der Waals surface area contributed by atoms with Crippen LogP contribution in [-0.4, -0.2) is 76.7 Å². The second kappa shape index (κ2) is 18.6. The molecule has 0 bridgehead atoms. The highest BCUT2D eigenvalue weighted by Gasteiger charge is 2.12. The number of hydrogen-bond acceptors (Lipinski definition) is 4. The number of aliphatic imine (C=N–C) groups is 4. The van der Waals surface area contributed by atoms with Gasteiger partial charge in [-0.15, -0.1) is 0 Å². The number of aromatic nitrogens is 1. The van der Waals surface area contributed by atoms with Crippen LogP contribution in [0.5, 0.6) is 0 Å². The quantitative estimate of drug-likeness (QED) is 0.160. The van der Waals surface area contributed by atoms with E-state index in [9.17, 15) is 0 Å². The van der Waals surface area contributed by atoms with Crippen LogP contribution in [0.15, 0.2) is 44.5 Å². The van der Waals surface area contributed by atoms with Crippen LogP contribution in [0.1, 0.15) is 51.4 Å². The van der Waals surface area contributed by atoms with E-state index in [1.165, 1.54) is 25.7 Å². The van der Waals surface area contributed by atoms with Gasteiger partial charge in [0.05, 0.1) is 5.69 Å². The fraction of sp³-hybridized carbons (Fsp3) is 0.522. The second-order valence-electron chi connectivity index (χ2n) is 8.74. The molecular formula is C23H44N16. The molecule has 2 saturated heterocycles. The maximum absolute atomic E-state index is 7.59. The van der Waals surface area contributed by atoms with Gasteiger partial charge in [-0.05, 0) is 37.8 Å². The van der Waals surface area contributed by atoms with Crippen LogP contribution in [0, 0.1) is 10.8 Å². The molecule has 0 aromatic carbocycles. The third-order valence-corrected chi connectivity index (χ3v) is 5.43. The lowest BCUT2D eigenvalue weighted by atomic mass is 10.2. The summed E-state index contributed by atoms with van der Waals surface area (Å²) in [5, 5.41) is 15.2. The molecule has 0 spiro atoms. The Kier molecular flexibility index (Phi) is 15.4. The summed E-state index contributed by atoms with van der Waals surface area (Å²) in [6, 6.07) is 3.38. The smallest absolute Gasteiger partial charge is 0.223 e. The van der Waals surface area contributed by atoms with Crippen molar-refractivity contribution in [3.05, 3.63) is 24.5 Å². The fourth-order valence-electron chi connectivity index (χ4n) is 3.66. The molecule has 2 aliphatic heterocycles. The first-order valence-corrected chi connectivity index (χ1v) is 12.8. The number of guanidine groups is 6. The molecule has 0 radical (unpaired) electrons. The topological polar surface area (TPSA) is 299 Å². The molecular weight excluding hydrogens is 500 g/mol. The Morgan fingerprint density at radius 2 is 0.949 bits per heavy atom. The van der Waals surface area contributed by atoms with Crippen LogP contribution < -0.4 is 40.1 Å². The molecule has 1 aromatic rings. The summed E-state index contributed by atoms with van der Waals surface area (Å²) in [6.45, 7) is 3.59. The normalized spacial score (nSPS) is 15.4. The van der Waals surface area contributed by atoms with Crippen molar-refractivity contribution in [2.24, 2.45) is 60.1 Å². The zero-order chi connectivity index (χ0) is 29.0. The van der Waals surface area contributed by atoms with Gasteiger partial charge in [0.15, 0.2) is 17.9 Å². The molecule has 2 fully saturated rings. The first kappa shape index (κ1) is 32.4. The molecule has 0 aliphatic carbocycles. The summed E-state index contributed by atoms with van der Waals surface area (Å²) in [4.78, 5) is 22.6. The molecule has 3 rings (SSSR count). The van der Waals surface area contributed by atoms with E-state index in [0.29, 0.717) is 5.69 Å². The average Bonchev–Trinajstić information content (AvgIpc) is 3.30. The largest absolute Gasteiger partial charge is 0.370 e. The highest BCUT2D eigenvalue weighted by molar-refractivity contribution is 5.93. The van der Waals surface area contributed by atoms with Gasteiger partial charge in [0.25, 0.3) is 0 Å². The minimum Gasteiger partial charge on any atom is -0.370 e. The minimum absolute atomic E-state index is 0.0196. The van der Waals surface area contributed by atoms with E-state index in [4.69, 9.17) is 51.0 Å².